The van der Waals surface area contributed by atoms with Gasteiger partial charge in [-0.1, -0.05) is 13.8 Å². The summed E-state index contributed by atoms with van der Waals surface area (Å²) in [5, 5.41) is 5.84. The molecular formula is C18H27N3O2. The number of aryl methyl sites for hydroxylation is 1. The molecule has 0 radical (unpaired) electrons. The molecule has 23 heavy (non-hydrogen) atoms. The average Bonchev–Trinajstić information content (AvgIpc) is 2.90. The van der Waals surface area contributed by atoms with E-state index in [0.717, 1.165) is 36.2 Å². The van der Waals surface area contributed by atoms with Crippen molar-refractivity contribution in [2.24, 2.45) is 0 Å². The van der Waals surface area contributed by atoms with Crippen LogP contribution in [-0.4, -0.2) is 28.9 Å². The molecule has 2 atom stereocenters. The Morgan fingerprint density at radius 3 is 2.57 bits per heavy atom. The molecule has 0 bridgehead atoms. The van der Waals surface area contributed by atoms with E-state index in [1.165, 1.54) is 0 Å². The van der Waals surface area contributed by atoms with Crippen LogP contribution in [0.5, 0.6) is 0 Å². The molecule has 2 N–H and O–H groups in total. The summed E-state index contributed by atoms with van der Waals surface area (Å²) in [5.41, 5.74) is 2.48. The molecule has 0 aromatic heterocycles. The molecule has 126 valence electrons. The number of rotatable bonds is 4. The lowest BCUT2D eigenvalue weighted by atomic mass is 10.1. The fourth-order valence-corrected chi connectivity index (χ4v) is 3.15. The van der Waals surface area contributed by atoms with Gasteiger partial charge in [0.05, 0.1) is 0 Å². The minimum Gasteiger partial charge on any atom is -0.326 e. The van der Waals surface area contributed by atoms with Crippen LogP contribution in [0.2, 0.25) is 0 Å². The van der Waals surface area contributed by atoms with Crippen LogP contribution in [0, 0.1) is 6.92 Å². The van der Waals surface area contributed by atoms with Gasteiger partial charge >= 0.3 is 6.03 Å². The summed E-state index contributed by atoms with van der Waals surface area (Å²) in [6.07, 6.45) is 3.57. The number of anilines is 2. The van der Waals surface area contributed by atoms with Gasteiger partial charge < -0.3 is 15.5 Å². The predicted molar refractivity (Wildman–Crippen MR) is 93.7 cm³/mol. The predicted octanol–water partition coefficient (Wildman–Crippen LogP) is 4.14. The van der Waals surface area contributed by atoms with Crippen molar-refractivity contribution in [2.75, 3.05) is 10.6 Å². The zero-order valence-corrected chi connectivity index (χ0v) is 14.5. The van der Waals surface area contributed by atoms with E-state index in [1.54, 1.807) is 0 Å². The van der Waals surface area contributed by atoms with Crippen molar-refractivity contribution in [1.82, 2.24) is 4.90 Å². The van der Waals surface area contributed by atoms with Crippen molar-refractivity contribution in [2.45, 2.75) is 65.5 Å². The minimum absolute atomic E-state index is 0.0124. The van der Waals surface area contributed by atoms with Crippen LogP contribution in [0.1, 0.15) is 52.0 Å². The van der Waals surface area contributed by atoms with Gasteiger partial charge in [-0.25, -0.2) is 4.79 Å². The van der Waals surface area contributed by atoms with Crippen LogP contribution in [0.3, 0.4) is 0 Å². The molecule has 1 aliphatic heterocycles. The zero-order chi connectivity index (χ0) is 17.0. The van der Waals surface area contributed by atoms with Gasteiger partial charge in [0.25, 0.3) is 0 Å². The topological polar surface area (TPSA) is 61.4 Å². The first-order chi connectivity index (χ1) is 11.0. The summed E-state index contributed by atoms with van der Waals surface area (Å²) in [5.74, 6) is -0.0124. The molecule has 5 heteroatoms. The molecule has 2 rings (SSSR count). The third-order valence-corrected chi connectivity index (χ3v) is 4.56. The van der Waals surface area contributed by atoms with Crippen molar-refractivity contribution in [3.05, 3.63) is 23.8 Å². The number of nitrogens with one attached hydrogen (secondary N) is 2. The van der Waals surface area contributed by atoms with Crippen LogP contribution in [-0.2, 0) is 4.79 Å². The van der Waals surface area contributed by atoms with E-state index in [0.29, 0.717) is 12.5 Å². The van der Waals surface area contributed by atoms with Gasteiger partial charge in [0.1, 0.15) is 0 Å². The highest BCUT2D eigenvalue weighted by atomic mass is 16.2. The maximum absolute atomic E-state index is 12.6. The van der Waals surface area contributed by atoms with Crippen molar-refractivity contribution < 1.29 is 9.59 Å². The van der Waals surface area contributed by atoms with Gasteiger partial charge in [-0.3, -0.25) is 4.79 Å². The summed E-state index contributed by atoms with van der Waals surface area (Å²) in [6.45, 7) is 7.97. The van der Waals surface area contributed by atoms with Crippen LogP contribution in [0.25, 0.3) is 0 Å². The molecule has 1 heterocycles. The lowest BCUT2D eigenvalue weighted by Gasteiger charge is -2.28. The number of nitrogens with zero attached hydrogens (tertiary/aromatic N) is 1. The second-order valence-corrected chi connectivity index (χ2v) is 6.26. The Morgan fingerprint density at radius 1 is 1.22 bits per heavy atom. The number of carbonyl (C=O) groups excluding carboxylic acids is 2. The van der Waals surface area contributed by atoms with Crippen molar-refractivity contribution in [1.29, 1.82) is 0 Å². The molecule has 3 amide bonds. The first kappa shape index (κ1) is 17.3. The van der Waals surface area contributed by atoms with Crippen LogP contribution in [0.4, 0.5) is 16.2 Å². The number of carbonyl (C=O) groups is 2. The Labute approximate surface area is 138 Å². The summed E-state index contributed by atoms with van der Waals surface area (Å²) < 4.78 is 0. The van der Waals surface area contributed by atoms with Gasteiger partial charge in [0.2, 0.25) is 5.91 Å². The first-order valence-corrected chi connectivity index (χ1v) is 8.46. The fraction of sp³-hybridized carbons (Fsp3) is 0.556. The molecule has 0 saturated carbocycles. The number of benzene rings is 1. The standard InChI is InChI=1S/C18H27N3O2/c1-5-15-9-7-13(4)21(15)18(23)19-14-8-10-16(12(3)11-14)20-17(22)6-2/h8,10-11,13,15H,5-7,9H2,1-4H3,(H,19,23)(H,20,22)/t13-,15+/m1/s1. The van der Waals surface area contributed by atoms with Gasteiger partial charge in [0.15, 0.2) is 0 Å². The number of hydrogen-bond donors (Lipinski definition) is 2. The molecule has 0 aliphatic carbocycles. The van der Waals surface area contributed by atoms with Gasteiger partial charge in [-0.15, -0.1) is 0 Å². The Bertz CT molecular complexity index is 586. The number of hydrogen-bond acceptors (Lipinski definition) is 2. The monoisotopic (exact) mass is 317 g/mol. The Hall–Kier alpha value is -2.04. The summed E-state index contributed by atoms with van der Waals surface area (Å²) in [4.78, 5) is 26.0. The van der Waals surface area contributed by atoms with Crippen LogP contribution in [0.15, 0.2) is 18.2 Å². The van der Waals surface area contributed by atoms with E-state index in [2.05, 4.69) is 24.5 Å². The Balaban J connectivity index is 2.06. The fourth-order valence-electron chi connectivity index (χ4n) is 3.15. The highest BCUT2D eigenvalue weighted by molar-refractivity contribution is 5.93. The van der Waals surface area contributed by atoms with E-state index in [-0.39, 0.29) is 18.0 Å². The van der Waals surface area contributed by atoms with E-state index in [1.807, 2.05) is 36.9 Å². The molecule has 0 spiro atoms. The molecule has 1 aromatic rings. The Morgan fingerprint density at radius 2 is 1.96 bits per heavy atom. The van der Waals surface area contributed by atoms with Crippen LogP contribution >= 0.6 is 0 Å². The molecule has 1 fully saturated rings. The third kappa shape index (κ3) is 4.03. The minimum atomic E-state index is -0.0356. The molecule has 1 aromatic carbocycles. The van der Waals surface area contributed by atoms with E-state index < -0.39 is 0 Å². The van der Waals surface area contributed by atoms with Crippen LogP contribution < -0.4 is 10.6 Å². The smallest absolute Gasteiger partial charge is 0.322 e. The highest BCUT2D eigenvalue weighted by Gasteiger charge is 2.33. The average molecular weight is 317 g/mol. The highest BCUT2D eigenvalue weighted by Crippen LogP contribution is 2.27. The number of likely N-dealkylation sites (tertiary alicyclic amines) is 1. The summed E-state index contributed by atoms with van der Waals surface area (Å²) in [7, 11) is 0. The SMILES string of the molecule is CCC(=O)Nc1ccc(NC(=O)N2[C@@H](CC)CC[C@H]2C)cc1C. The third-order valence-electron chi connectivity index (χ3n) is 4.56. The number of urea groups is 1. The normalized spacial score (nSPS) is 20.4. The van der Waals surface area contributed by atoms with Crippen molar-refractivity contribution in [3.63, 3.8) is 0 Å². The molecule has 0 unspecified atom stereocenters. The number of amides is 3. The maximum atomic E-state index is 12.6. The van der Waals surface area contributed by atoms with Crippen molar-refractivity contribution >= 4 is 23.3 Å². The zero-order valence-electron chi connectivity index (χ0n) is 14.5. The quantitative estimate of drug-likeness (QED) is 0.876. The second-order valence-electron chi connectivity index (χ2n) is 6.26. The summed E-state index contributed by atoms with van der Waals surface area (Å²) in [6, 6.07) is 6.14. The second kappa shape index (κ2) is 7.49. The van der Waals surface area contributed by atoms with Gasteiger partial charge in [-0.2, -0.15) is 0 Å². The Kier molecular flexibility index (Phi) is 5.64. The summed E-state index contributed by atoms with van der Waals surface area (Å²) >= 11 is 0. The van der Waals surface area contributed by atoms with Crippen molar-refractivity contribution in [3.8, 4) is 0 Å². The van der Waals surface area contributed by atoms with Gasteiger partial charge in [-0.05, 0) is 56.9 Å². The largest absolute Gasteiger partial charge is 0.326 e. The lowest BCUT2D eigenvalue weighted by Crippen LogP contribution is -2.42. The first-order valence-electron chi connectivity index (χ1n) is 8.46. The molecular weight excluding hydrogens is 290 g/mol. The van der Waals surface area contributed by atoms with E-state index in [9.17, 15) is 9.59 Å². The molecule has 5 nitrogen and oxygen atoms in total. The molecule has 1 saturated heterocycles. The van der Waals surface area contributed by atoms with E-state index in [4.69, 9.17) is 0 Å². The lowest BCUT2D eigenvalue weighted by molar-refractivity contribution is -0.115. The van der Waals surface area contributed by atoms with Gasteiger partial charge in [0, 0.05) is 29.9 Å². The maximum Gasteiger partial charge on any atom is 0.322 e. The molecule has 1 aliphatic rings. The van der Waals surface area contributed by atoms with E-state index >= 15 is 0 Å².